The third kappa shape index (κ3) is 5.24. The van der Waals surface area contributed by atoms with E-state index in [9.17, 15) is 20.4 Å². The molecule has 0 spiro atoms. The van der Waals surface area contributed by atoms with Crippen LogP contribution in [0.2, 0.25) is 0 Å². The summed E-state index contributed by atoms with van der Waals surface area (Å²) in [5.41, 5.74) is 2.25. The van der Waals surface area contributed by atoms with E-state index >= 15 is 0 Å². The molecule has 0 amide bonds. The van der Waals surface area contributed by atoms with Crippen LogP contribution in [0.4, 0.5) is 0 Å². The van der Waals surface area contributed by atoms with Gasteiger partial charge in [-0.2, -0.15) is 0 Å². The van der Waals surface area contributed by atoms with Crippen molar-refractivity contribution in [3.8, 4) is 0 Å². The Kier molecular flexibility index (Phi) is 7.37. The molecule has 31 heavy (non-hydrogen) atoms. The number of hydrogen-bond donors (Lipinski definition) is 4. The van der Waals surface area contributed by atoms with Gasteiger partial charge in [0.05, 0.1) is 17.8 Å². The Hall–Kier alpha value is -1.20. The largest absolute Gasteiger partial charge is 0.388 e. The smallest absolute Gasteiger partial charge is 0.100 e. The van der Waals surface area contributed by atoms with Gasteiger partial charge < -0.3 is 20.4 Å². The minimum atomic E-state index is -1.13. The highest BCUT2D eigenvalue weighted by atomic mass is 16.3. The van der Waals surface area contributed by atoms with E-state index in [1.54, 1.807) is 19.9 Å². The van der Waals surface area contributed by atoms with Crippen LogP contribution in [-0.2, 0) is 0 Å². The van der Waals surface area contributed by atoms with Gasteiger partial charge in [0, 0.05) is 0 Å². The van der Waals surface area contributed by atoms with Crippen molar-refractivity contribution in [3.63, 3.8) is 0 Å². The zero-order valence-electron chi connectivity index (χ0n) is 19.7. The molecule has 0 radical (unpaired) electrons. The molecule has 0 aromatic rings. The predicted molar refractivity (Wildman–Crippen MR) is 125 cm³/mol. The molecular formula is C27H42O4. The molecule has 3 fully saturated rings. The van der Waals surface area contributed by atoms with E-state index in [0.717, 1.165) is 12.0 Å². The van der Waals surface area contributed by atoms with Gasteiger partial charge in [0.2, 0.25) is 0 Å². The third-order valence-electron chi connectivity index (χ3n) is 8.29. The van der Waals surface area contributed by atoms with Gasteiger partial charge in [0.1, 0.15) is 6.10 Å². The average molecular weight is 431 g/mol. The van der Waals surface area contributed by atoms with Crippen molar-refractivity contribution < 1.29 is 20.4 Å². The molecule has 3 aliphatic carbocycles. The van der Waals surface area contributed by atoms with E-state index in [4.69, 9.17) is 0 Å². The summed E-state index contributed by atoms with van der Waals surface area (Å²) >= 11 is 0. The molecule has 0 bridgehead atoms. The maximum atomic E-state index is 10.2. The summed E-state index contributed by atoms with van der Waals surface area (Å²) in [7, 11) is 0. The molecule has 4 heteroatoms. The monoisotopic (exact) mass is 430 g/mol. The van der Waals surface area contributed by atoms with Gasteiger partial charge in [-0.25, -0.2) is 0 Å². The van der Waals surface area contributed by atoms with Gasteiger partial charge in [-0.05, 0) is 87.5 Å². The molecule has 4 N–H and O–H groups in total. The lowest BCUT2D eigenvalue weighted by atomic mass is 9.61. The number of rotatable bonds is 5. The summed E-state index contributed by atoms with van der Waals surface area (Å²) in [4.78, 5) is 0. The molecule has 0 unspecified atom stereocenters. The van der Waals surface area contributed by atoms with Crippen molar-refractivity contribution in [1.82, 2.24) is 0 Å². The fourth-order valence-corrected chi connectivity index (χ4v) is 6.22. The van der Waals surface area contributed by atoms with Crippen LogP contribution in [0.15, 0.2) is 47.6 Å². The van der Waals surface area contributed by atoms with Gasteiger partial charge in [-0.15, -0.1) is 0 Å². The standard InChI is InChI=1S/C27H42O4/c1-17(8-13-25(30)26(3,4)31)21-11-12-22-20(7-6-14-27(21,22)5)10-9-19-15-23(28)18(2)24(29)16-19/h8-10,13,17,21-25,28-31H,2,6-7,11-12,14-16H2,1,3-5H3/t17-,21-,22+,23-,24-,25-,27-/m1/s1. The van der Waals surface area contributed by atoms with E-state index in [1.165, 1.54) is 31.3 Å². The SMILES string of the molecule is C=C1[C@H](O)CC(=CC=C2CCC[C@]3(C)[C@@H]([C@H](C)C=C[C@@H](O)C(C)(C)O)CC[C@@H]23)C[C@H]1O. The molecule has 3 saturated carbocycles. The molecular weight excluding hydrogens is 388 g/mol. The Morgan fingerprint density at radius 2 is 1.74 bits per heavy atom. The number of aliphatic hydroxyl groups is 4. The molecule has 0 aliphatic heterocycles. The van der Waals surface area contributed by atoms with E-state index in [0.29, 0.717) is 36.2 Å². The summed E-state index contributed by atoms with van der Waals surface area (Å²) in [6.07, 6.45) is 13.1. The van der Waals surface area contributed by atoms with Crippen LogP contribution in [0.1, 0.15) is 72.6 Å². The second kappa shape index (κ2) is 9.35. The van der Waals surface area contributed by atoms with Gasteiger partial charge in [-0.1, -0.05) is 55.9 Å². The van der Waals surface area contributed by atoms with E-state index in [-0.39, 0.29) is 5.41 Å². The number of aliphatic hydroxyl groups excluding tert-OH is 3. The summed E-state index contributed by atoms with van der Waals surface area (Å²) in [5.74, 6) is 1.46. The summed E-state index contributed by atoms with van der Waals surface area (Å²) in [6, 6.07) is 0. The number of hydrogen-bond acceptors (Lipinski definition) is 4. The topological polar surface area (TPSA) is 80.9 Å². The molecule has 0 aromatic carbocycles. The van der Waals surface area contributed by atoms with Crippen LogP contribution in [0.5, 0.6) is 0 Å². The first-order chi connectivity index (χ1) is 14.4. The molecule has 7 atom stereocenters. The number of allylic oxidation sites excluding steroid dienone is 4. The first-order valence-corrected chi connectivity index (χ1v) is 12.0. The molecule has 0 aromatic heterocycles. The normalized spacial score (nSPS) is 37.9. The fraction of sp³-hybridized carbons (Fsp3) is 0.704. The van der Waals surface area contributed by atoms with Crippen molar-refractivity contribution in [3.05, 3.63) is 47.6 Å². The summed E-state index contributed by atoms with van der Waals surface area (Å²) < 4.78 is 0. The molecule has 174 valence electrons. The van der Waals surface area contributed by atoms with Gasteiger partial charge in [0.25, 0.3) is 0 Å². The highest BCUT2D eigenvalue weighted by molar-refractivity contribution is 5.29. The van der Waals surface area contributed by atoms with Crippen molar-refractivity contribution in [2.75, 3.05) is 0 Å². The predicted octanol–water partition coefficient (Wildman–Crippen LogP) is 4.45. The Morgan fingerprint density at radius 1 is 1.10 bits per heavy atom. The van der Waals surface area contributed by atoms with Crippen molar-refractivity contribution >= 4 is 0 Å². The highest BCUT2D eigenvalue weighted by Crippen LogP contribution is 2.59. The first kappa shape index (κ1) is 24.4. The van der Waals surface area contributed by atoms with Gasteiger partial charge in [0.15, 0.2) is 0 Å². The van der Waals surface area contributed by atoms with Crippen molar-refractivity contribution in [2.24, 2.45) is 23.2 Å². The first-order valence-electron chi connectivity index (χ1n) is 12.0. The average Bonchev–Trinajstić information content (AvgIpc) is 3.05. The van der Waals surface area contributed by atoms with E-state index < -0.39 is 23.9 Å². The van der Waals surface area contributed by atoms with Crippen LogP contribution < -0.4 is 0 Å². The van der Waals surface area contributed by atoms with E-state index in [2.05, 4.69) is 38.7 Å². The lowest BCUT2D eigenvalue weighted by molar-refractivity contribution is -0.0229. The zero-order valence-corrected chi connectivity index (χ0v) is 19.7. The second-order valence-corrected chi connectivity index (χ2v) is 11.0. The van der Waals surface area contributed by atoms with Gasteiger partial charge >= 0.3 is 0 Å². The number of fused-ring (bicyclic) bond motifs is 1. The fourth-order valence-electron chi connectivity index (χ4n) is 6.22. The Bertz CT molecular complexity index is 740. The highest BCUT2D eigenvalue weighted by Gasteiger charge is 2.50. The van der Waals surface area contributed by atoms with Crippen LogP contribution >= 0.6 is 0 Å². The maximum absolute atomic E-state index is 10.2. The van der Waals surface area contributed by atoms with Gasteiger partial charge in [-0.3, -0.25) is 0 Å². The second-order valence-electron chi connectivity index (χ2n) is 11.0. The zero-order chi connectivity index (χ0) is 23.0. The Labute approximate surface area is 188 Å². The van der Waals surface area contributed by atoms with Crippen molar-refractivity contribution in [1.29, 1.82) is 0 Å². The minimum Gasteiger partial charge on any atom is -0.388 e. The van der Waals surface area contributed by atoms with Crippen molar-refractivity contribution in [2.45, 2.75) is 96.6 Å². The molecule has 3 aliphatic rings. The summed E-state index contributed by atoms with van der Waals surface area (Å²) in [5, 5.41) is 40.4. The quantitative estimate of drug-likeness (QED) is 0.486. The summed E-state index contributed by atoms with van der Waals surface area (Å²) in [6.45, 7) is 11.7. The van der Waals surface area contributed by atoms with Crippen LogP contribution in [-0.4, -0.2) is 44.3 Å². The molecule has 3 rings (SSSR count). The van der Waals surface area contributed by atoms with Crippen LogP contribution in [0.25, 0.3) is 0 Å². The Balaban J connectivity index is 1.73. The lowest BCUT2D eigenvalue weighted by Gasteiger charge is -2.44. The third-order valence-corrected chi connectivity index (χ3v) is 8.29. The Morgan fingerprint density at radius 3 is 2.35 bits per heavy atom. The molecule has 0 saturated heterocycles. The van der Waals surface area contributed by atoms with Crippen LogP contribution in [0.3, 0.4) is 0 Å². The van der Waals surface area contributed by atoms with E-state index in [1.807, 2.05) is 0 Å². The maximum Gasteiger partial charge on any atom is 0.100 e. The molecule has 0 heterocycles. The van der Waals surface area contributed by atoms with Crippen LogP contribution in [0, 0.1) is 23.2 Å². The molecule has 4 nitrogen and oxygen atoms in total. The lowest BCUT2D eigenvalue weighted by Crippen LogP contribution is -2.36. The minimum absolute atomic E-state index is 0.242.